The van der Waals surface area contributed by atoms with Crippen LogP contribution in [0.2, 0.25) is 0 Å². The van der Waals surface area contributed by atoms with E-state index in [0.717, 1.165) is 0 Å². The largest absolute Gasteiger partial charge is 0.399 e. The van der Waals surface area contributed by atoms with Gasteiger partial charge in [-0.1, -0.05) is 0 Å². The minimum Gasteiger partial charge on any atom is -0.399 e. The number of hydrogen-bond acceptors (Lipinski definition) is 5. The number of ether oxygens (including phenoxy) is 1. The highest BCUT2D eigenvalue weighted by Gasteiger charge is 2.41. The smallest absolute Gasteiger partial charge is 0.271 e. The first-order valence-electron chi connectivity index (χ1n) is 4.44. The van der Waals surface area contributed by atoms with Crippen LogP contribution in [0, 0.1) is 0 Å². The number of methoxy groups -OCH3 is 1. The Morgan fingerprint density at radius 3 is 2.75 bits per heavy atom. The second-order valence-electron chi connectivity index (χ2n) is 3.33. The molecule has 16 heavy (non-hydrogen) atoms. The molecule has 0 radical (unpaired) electrons. The molecule has 7 heteroatoms. The summed E-state index contributed by atoms with van der Waals surface area (Å²) in [4.78, 5) is 11.7. The van der Waals surface area contributed by atoms with Crippen LogP contribution in [-0.2, 0) is 14.8 Å². The number of rotatable bonds is 2. The highest BCUT2D eigenvalue weighted by molar-refractivity contribution is 7.90. The molecule has 6 nitrogen and oxygen atoms in total. The van der Waals surface area contributed by atoms with Gasteiger partial charge in [0.05, 0.1) is 5.56 Å². The Kier molecular flexibility index (Phi) is 2.36. The van der Waals surface area contributed by atoms with Crippen LogP contribution in [-0.4, -0.2) is 32.5 Å². The fourth-order valence-corrected chi connectivity index (χ4v) is 3.01. The lowest BCUT2D eigenvalue weighted by Crippen LogP contribution is -2.31. The molecule has 0 bridgehead atoms. The van der Waals surface area contributed by atoms with Gasteiger partial charge in [-0.2, -0.15) is 0 Å². The first kappa shape index (κ1) is 10.9. The van der Waals surface area contributed by atoms with Crippen molar-refractivity contribution in [3.63, 3.8) is 0 Å². The highest BCUT2D eigenvalue weighted by Crippen LogP contribution is 2.31. The van der Waals surface area contributed by atoms with E-state index in [4.69, 9.17) is 5.73 Å². The number of amides is 1. The minimum atomic E-state index is -3.77. The number of nitrogens with two attached hydrogens (primary N) is 1. The minimum absolute atomic E-state index is 0.0243. The highest BCUT2D eigenvalue weighted by atomic mass is 32.2. The molecule has 0 fully saturated rings. The van der Waals surface area contributed by atoms with Crippen LogP contribution in [0.1, 0.15) is 10.4 Å². The van der Waals surface area contributed by atoms with Gasteiger partial charge in [-0.05, 0) is 18.2 Å². The molecule has 0 atom stereocenters. The van der Waals surface area contributed by atoms with E-state index in [9.17, 15) is 13.2 Å². The van der Waals surface area contributed by atoms with Crippen LogP contribution in [0.25, 0.3) is 0 Å². The number of hydrogen-bond donors (Lipinski definition) is 1. The fraction of sp³-hybridized carbons (Fsp3) is 0.222. The van der Waals surface area contributed by atoms with Crippen LogP contribution >= 0.6 is 0 Å². The monoisotopic (exact) mass is 242 g/mol. The van der Waals surface area contributed by atoms with Crippen LogP contribution in [0.15, 0.2) is 23.1 Å². The van der Waals surface area contributed by atoms with Crippen LogP contribution in [0.5, 0.6) is 0 Å². The molecule has 1 aliphatic rings. The quantitative estimate of drug-likeness (QED) is 0.738. The van der Waals surface area contributed by atoms with E-state index in [0.29, 0.717) is 9.99 Å². The van der Waals surface area contributed by atoms with E-state index in [1.54, 1.807) is 0 Å². The number of carbonyl (C=O) groups excluding carboxylic acids is 1. The van der Waals surface area contributed by atoms with E-state index < -0.39 is 15.9 Å². The van der Waals surface area contributed by atoms with Gasteiger partial charge in [0.15, 0.2) is 0 Å². The summed E-state index contributed by atoms with van der Waals surface area (Å²) in [5.74, 6) is -0.607. The SMILES string of the molecule is COCN1C(=O)c2cc(N)ccc2S1(=O)=O. The van der Waals surface area contributed by atoms with E-state index in [1.807, 2.05) is 0 Å². The summed E-state index contributed by atoms with van der Waals surface area (Å²) < 4.78 is 29.1. The topological polar surface area (TPSA) is 89.7 Å². The van der Waals surface area contributed by atoms with Crippen LogP contribution in [0.4, 0.5) is 5.69 Å². The number of benzene rings is 1. The van der Waals surface area contributed by atoms with Gasteiger partial charge in [0.25, 0.3) is 15.9 Å². The van der Waals surface area contributed by atoms with Gasteiger partial charge >= 0.3 is 0 Å². The van der Waals surface area contributed by atoms with Crippen LogP contribution in [0.3, 0.4) is 0 Å². The Labute approximate surface area is 92.7 Å². The Bertz CT molecular complexity index is 553. The lowest BCUT2D eigenvalue weighted by atomic mass is 10.2. The first-order valence-corrected chi connectivity index (χ1v) is 5.88. The molecule has 0 saturated heterocycles. The van der Waals surface area contributed by atoms with Crippen molar-refractivity contribution in [3.8, 4) is 0 Å². The molecule has 86 valence electrons. The number of fused-ring (bicyclic) bond motifs is 1. The molecule has 0 unspecified atom stereocenters. The molecule has 1 aromatic carbocycles. The lowest BCUT2D eigenvalue weighted by Gasteiger charge is -2.12. The van der Waals surface area contributed by atoms with Gasteiger partial charge in [-0.25, -0.2) is 12.7 Å². The zero-order valence-electron chi connectivity index (χ0n) is 8.50. The van der Waals surface area contributed by atoms with Gasteiger partial charge in [0.1, 0.15) is 11.6 Å². The fourth-order valence-electron chi connectivity index (χ4n) is 1.55. The summed E-state index contributed by atoms with van der Waals surface area (Å²) >= 11 is 0. The maximum absolute atomic E-state index is 11.9. The summed E-state index contributed by atoms with van der Waals surface area (Å²) in [5.41, 5.74) is 5.95. The first-order chi connectivity index (χ1) is 7.48. The maximum Gasteiger partial charge on any atom is 0.271 e. The molecule has 1 aliphatic heterocycles. The molecule has 0 saturated carbocycles. The molecule has 0 aromatic heterocycles. The standard InChI is InChI=1S/C9H10N2O4S/c1-15-5-11-9(12)7-4-6(10)2-3-8(7)16(11,13)14/h2-4H,5,10H2,1H3. The van der Waals surface area contributed by atoms with Crippen LogP contribution < -0.4 is 5.73 Å². The zero-order chi connectivity index (χ0) is 11.9. The second-order valence-corrected chi connectivity index (χ2v) is 5.16. The molecule has 2 N–H and O–H groups in total. The Balaban J connectivity index is 2.62. The molecular formula is C9H10N2O4S. The van der Waals surface area contributed by atoms with E-state index in [1.165, 1.54) is 25.3 Å². The van der Waals surface area contributed by atoms with Gasteiger partial charge in [-0.3, -0.25) is 4.79 Å². The van der Waals surface area contributed by atoms with E-state index >= 15 is 0 Å². The molecule has 1 heterocycles. The van der Waals surface area contributed by atoms with E-state index in [-0.39, 0.29) is 17.2 Å². The lowest BCUT2D eigenvalue weighted by molar-refractivity contribution is 0.0681. The summed E-state index contributed by atoms with van der Waals surface area (Å²) in [6, 6.07) is 4.12. The Hall–Kier alpha value is -1.60. The van der Waals surface area contributed by atoms with Crippen molar-refractivity contribution in [3.05, 3.63) is 23.8 Å². The molecule has 1 amide bonds. The third-order valence-corrected chi connectivity index (χ3v) is 4.04. The average molecular weight is 242 g/mol. The normalized spacial score (nSPS) is 17.6. The third kappa shape index (κ3) is 1.36. The van der Waals surface area contributed by atoms with Crippen molar-refractivity contribution < 1.29 is 17.9 Å². The number of sulfonamides is 1. The molecule has 1 aromatic rings. The van der Waals surface area contributed by atoms with Crippen molar-refractivity contribution in [2.45, 2.75) is 4.90 Å². The summed E-state index contributed by atoms with van der Waals surface area (Å²) in [5, 5.41) is 0. The van der Waals surface area contributed by atoms with E-state index in [2.05, 4.69) is 4.74 Å². The second kappa shape index (κ2) is 3.46. The zero-order valence-corrected chi connectivity index (χ0v) is 9.32. The van der Waals surface area contributed by atoms with Gasteiger partial charge in [0.2, 0.25) is 0 Å². The Morgan fingerprint density at radius 2 is 2.12 bits per heavy atom. The van der Waals surface area contributed by atoms with Gasteiger partial charge in [0, 0.05) is 12.8 Å². The maximum atomic E-state index is 11.9. The predicted molar refractivity (Wildman–Crippen MR) is 56.1 cm³/mol. The van der Waals surface area contributed by atoms with Crippen molar-refractivity contribution in [2.75, 3.05) is 19.6 Å². The summed E-state index contributed by atoms with van der Waals surface area (Å²) in [7, 11) is -2.45. The number of nitrogen functional groups attached to an aromatic ring is 1. The predicted octanol–water partition coefficient (Wildman–Crippen LogP) is 0.0172. The Morgan fingerprint density at radius 1 is 1.44 bits per heavy atom. The summed E-state index contributed by atoms with van der Waals surface area (Å²) in [6.45, 7) is -0.296. The number of anilines is 1. The van der Waals surface area contributed by atoms with Crippen molar-refractivity contribution >= 4 is 21.6 Å². The average Bonchev–Trinajstić information content (AvgIpc) is 2.40. The summed E-state index contributed by atoms with van der Waals surface area (Å²) in [6.07, 6.45) is 0. The number of carbonyl (C=O) groups is 1. The molecule has 0 aliphatic carbocycles. The van der Waals surface area contributed by atoms with Gasteiger partial charge < -0.3 is 10.5 Å². The van der Waals surface area contributed by atoms with Crippen molar-refractivity contribution in [1.82, 2.24) is 4.31 Å². The van der Waals surface area contributed by atoms with Crippen molar-refractivity contribution in [2.24, 2.45) is 0 Å². The third-order valence-electron chi connectivity index (χ3n) is 2.27. The van der Waals surface area contributed by atoms with Crippen molar-refractivity contribution in [1.29, 1.82) is 0 Å². The van der Waals surface area contributed by atoms with Gasteiger partial charge in [-0.15, -0.1) is 0 Å². The molecule has 0 spiro atoms. The molecule has 2 rings (SSSR count). The number of nitrogens with zero attached hydrogens (tertiary/aromatic N) is 1. The molecular weight excluding hydrogens is 232 g/mol.